The van der Waals surface area contributed by atoms with Gasteiger partial charge in [-0.3, -0.25) is 4.79 Å². The summed E-state index contributed by atoms with van der Waals surface area (Å²) in [7, 11) is 0. The van der Waals surface area contributed by atoms with Crippen LogP contribution < -0.4 is 15.8 Å². The zero-order valence-electron chi connectivity index (χ0n) is 12.5. The van der Waals surface area contributed by atoms with Gasteiger partial charge in [0.15, 0.2) is 0 Å². The number of benzene rings is 1. The highest BCUT2D eigenvalue weighted by atomic mass is 16.5. The van der Waals surface area contributed by atoms with Crippen LogP contribution in [-0.4, -0.2) is 23.7 Å². The molecule has 2 unspecified atom stereocenters. The van der Waals surface area contributed by atoms with E-state index >= 15 is 0 Å². The Bertz CT molecular complexity index is 490. The fraction of sp³-hybridized carbons (Fsp3) is 0.562. The van der Waals surface area contributed by atoms with Crippen molar-refractivity contribution in [3.63, 3.8) is 0 Å². The van der Waals surface area contributed by atoms with E-state index in [1.54, 1.807) is 18.2 Å². The van der Waals surface area contributed by atoms with Crippen molar-refractivity contribution in [1.82, 2.24) is 0 Å². The highest BCUT2D eigenvalue weighted by molar-refractivity contribution is 5.92. The summed E-state index contributed by atoms with van der Waals surface area (Å²) < 4.78 is 5.43. The molecule has 5 heteroatoms. The lowest BCUT2D eigenvalue weighted by atomic mass is 9.85. The number of hydrogen-bond acceptors (Lipinski definition) is 4. The second-order valence-corrected chi connectivity index (χ2v) is 5.53. The fourth-order valence-electron chi connectivity index (χ4n) is 2.79. The number of rotatable bonds is 5. The number of nitrogens with one attached hydrogen (secondary N) is 1. The van der Waals surface area contributed by atoms with E-state index < -0.39 is 0 Å². The molecule has 1 fully saturated rings. The lowest BCUT2D eigenvalue weighted by Crippen LogP contribution is -2.34. The number of ether oxygens (including phenoxy) is 1. The number of nitrogens with two attached hydrogens (primary N) is 1. The van der Waals surface area contributed by atoms with Gasteiger partial charge in [0.2, 0.25) is 5.91 Å². The minimum absolute atomic E-state index is 0.0122. The van der Waals surface area contributed by atoms with Gasteiger partial charge >= 0.3 is 0 Å². The van der Waals surface area contributed by atoms with E-state index in [2.05, 4.69) is 5.32 Å². The van der Waals surface area contributed by atoms with Crippen LogP contribution in [0, 0.1) is 5.92 Å². The molecule has 0 radical (unpaired) electrons. The van der Waals surface area contributed by atoms with E-state index in [4.69, 9.17) is 10.5 Å². The van der Waals surface area contributed by atoms with Crippen LogP contribution in [0.15, 0.2) is 18.2 Å². The molecule has 1 aliphatic rings. The summed E-state index contributed by atoms with van der Waals surface area (Å²) in [6.07, 6.45) is 3.64. The third kappa shape index (κ3) is 4.19. The molecule has 1 aliphatic carbocycles. The summed E-state index contributed by atoms with van der Waals surface area (Å²) in [5.74, 6) is 0.647. The Labute approximate surface area is 125 Å². The van der Waals surface area contributed by atoms with Crippen molar-refractivity contribution in [2.24, 2.45) is 11.7 Å². The first-order chi connectivity index (χ1) is 10.1. The van der Waals surface area contributed by atoms with E-state index in [-0.39, 0.29) is 24.5 Å². The first-order valence-electron chi connectivity index (χ1n) is 7.57. The number of aliphatic hydroxyl groups excluding tert-OH is 1. The number of aliphatic hydroxyl groups is 1. The third-order valence-corrected chi connectivity index (χ3v) is 3.88. The monoisotopic (exact) mass is 292 g/mol. The molecule has 0 bridgehead atoms. The lowest BCUT2D eigenvalue weighted by Gasteiger charge is -2.25. The molecule has 0 spiro atoms. The van der Waals surface area contributed by atoms with Crippen LogP contribution in [0.3, 0.4) is 0 Å². The minimum Gasteiger partial charge on any atom is -0.494 e. The van der Waals surface area contributed by atoms with Gasteiger partial charge < -0.3 is 20.9 Å². The Balaban J connectivity index is 2.03. The molecule has 1 saturated carbocycles. The third-order valence-electron chi connectivity index (χ3n) is 3.88. The van der Waals surface area contributed by atoms with Crippen molar-refractivity contribution in [3.05, 3.63) is 23.8 Å². The summed E-state index contributed by atoms with van der Waals surface area (Å²) in [6.45, 7) is 2.31. The van der Waals surface area contributed by atoms with Crippen LogP contribution in [0.1, 0.15) is 38.2 Å². The van der Waals surface area contributed by atoms with Crippen molar-refractivity contribution in [2.45, 2.75) is 45.3 Å². The number of hydrogen-bond donors (Lipinski definition) is 3. The molecule has 2 rings (SSSR count). The van der Waals surface area contributed by atoms with Crippen LogP contribution >= 0.6 is 0 Å². The van der Waals surface area contributed by atoms with Crippen LogP contribution in [0.4, 0.5) is 5.69 Å². The largest absolute Gasteiger partial charge is 0.494 e. The standard InChI is InChI=1S/C16H24N2O3/c1-2-21-15-7-6-14(9-12(15)10-19)18-16(20)11-4-3-5-13(17)8-11/h6-7,9,11,13,19H,2-5,8,10,17H2,1H3,(H,18,20). The molecule has 0 heterocycles. The van der Waals surface area contributed by atoms with Crippen molar-refractivity contribution >= 4 is 11.6 Å². The van der Waals surface area contributed by atoms with E-state index in [1.165, 1.54) is 0 Å². The Hall–Kier alpha value is -1.59. The maximum Gasteiger partial charge on any atom is 0.227 e. The highest BCUT2D eigenvalue weighted by Gasteiger charge is 2.25. The molecule has 5 nitrogen and oxygen atoms in total. The Kier molecular flexibility index (Phi) is 5.59. The van der Waals surface area contributed by atoms with E-state index in [0.29, 0.717) is 23.6 Å². The molecule has 0 saturated heterocycles. The van der Waals surface area contributed by atoms with E-state index in [0.717, 1.165) is 25.7 Å². The summed E-state index contributed by atoms with van der Waals surface area (Å²) in [5.41, 5.74) is 7.29. The molecule has 116 valence electrons. The molecular weight excluding hydrogens is 268 g/mol. The Morgan fingerprint density at radius 3 is 2.95 bits per heavy atom. The van der Waals surface area contributed by atoms with Gasteiger partial charge in [0.1, 0.15) is 5.75 Å². The SMILES string of the molecule is CCOc1ccc(NC(=O)C2CCCC(N)C2)cc1CO. The van der Waals surface area contributed by atoms with Gasteiger partial charge in [-0.1, -0.05) is 6.42 Å². The first-order valence-corrected chi connectivity index (χ1v) is 7.57. The molecule has 1 aromatic carbocycles. The summed E-state index contributed by atoms with van der Waals surface area (Å²) in [6, 6.07) is 5.45. The van der Waals surface area contributed by atoms with Gasteiger partial charge in [0.05, 0.1) is 13.2 Å². The average Bonchev–Trinajstić information content (AvgIpc) is 2.49. The Morgan fingerprint density at radius 2 is 2.29 bits per heavy atom. The van der Waals surface area contributed by atoms with Gasteiger partial charge in [0.25, 0.3) is 0 Å². The minimum atomic E-state index is -0.118. The van der Waals surface area contributed by atoms with Crippen molar-refractivity contribution in [2.75, 3.05) is 11.9 Å². The molecule has 1 amide bonds. The van der Waals surface area contributed by atoms with Crippen LogP contribution in [0.2, 0.25) is 0 Å². The van der Waals surface area contributed by atoms with Crippen LogP contribution in [0.25, 0.3) is 0 Å². The zero-order chi connectivity index (χ0) is 15.2. The average molecular weight is 292 g/mol. The summed E-state index contributed by atoms with van der Waals surface area (Å²) in [5, 5.41) is 12.3. The number of carbonyl (C=O) groups is 1. The van der Waals surface area contributed by atoms with Crippen molar-refractivity contribution in [1.29, 1.82) is 0 Å². The van der Waals surface area contributed by atoms with Crippen LogP contribution in [-0.2, 0) is 11.4 Å². The fourth-order valence-corrected chi connectivity index (χ4v) is 2.79. The second-order valence-electron chi connectivity index (χ2n) is 5.53. The number of amides is 1. The molecule has 4 N–H and O–H groups in total. The quantitative estimate of drug-likeness (QED) is 0.775. The van der Waals surface area contributed by atoms with Gasteiger partial charge in [-0.15, -0.1) is 0 Å². The molecule has 1 aromatic rings. The lowest BCUT2D eigenvalue weighted by molar-refractivity contribution is -0.120. The van der Waals surface area contributed by atoms with E-state index in [1.807, 2.05) is 6.92 Å². The smallest absolute Gasteiger partial charge is 0.227 e. The van der Waals surface area contributed by atoms with Crippen LogP contribution in [0.5, 0.6) is 5.75 Å². The number of carbonyl (C=O) groups excluding carboxylic acids is 1. The molecule has 2 atom stereocenters. The normalized spacial score (nSPS) is 21.9. The zero-order valence-corrected chi connectivity index (χ0v) is 12.5. The van der Waals surface area contributed by atoms with Crippen molar-refractivity contribution < 1.29 is 14.6 Å². The van der Waals surface area contributed by atoms with Crippen molar-refractivity contribution in [3.8, 4) is 5.75 Å². The van der Waals surface area contributed by atoms with Gasteiger partial charge in [-0.25, -0.2) is 0 Å². The molecule has 0 aromatic heterocycles. The summed E-state index contributed by atoms with van der Waals surface area (Å²) >= 11 is 0. The molecule has 0 aliphatic heterocycles. The van der Waals surface area contributed by atoms with E-state index in [9.17, 15) is 9.90 Å². The highest BCUT2D eigenvalue weighted by Crippen LogP contribution is 2.26. The topological polar surface area (TPSA) is 84.6 Å². The molecular formula is C16H24N2O3. The second kappa shape index (κ2) is 7.43. The van der Waals surface area contributed by atoms with Gasteiger partial charge in [-0.2, -0.15) is 0 Å². The summed E-state index contributed by atoms with van der Waals surface area (Å²) in [4.78, 5) is 12.3. The predicted octanol–water partition coefficient (Wildman–Crippen LogP) is 2.03. The molecule has 21 heavy (non-hydrogen) atoms. The first kappa shape index (κ1) is 15.8. The predicted molar refractivity (Wildman–Crippen MR) is 82.1 cm³/mol. The number of anilines is 1. The van der Waals surface area contributed by atoms with Gasteiger partial charge in [0, 0.05) is 23.2 Å². The van der Waals surface area contributed by atoms with Gasteiger partial charge in [-0.05, 0) is 44.4 Å². The Morgan fingerprint density at radius 1 is 1.48 bits per heavy atom. The maximum absolute atomic E-state index is 12.3. The maximum atomic E-state index is 12.3.